The van der Waals surface area contributed by atoms with Crippen LogP contribution in [0.25, 0.3) is 0 Å². The van der Waals surface area contributed by atoms with Crippen molar-refractivity contribution < 1.29 is 18.3 Å². The molecule has 122 valence electrons. The Hall–Kier alpha value is -2.14. The van der Waals surface area contributed by atoms with Gasteiger partial charge in [-0.05, 0) is 56.2 Å². The number of amides is 1. The highest BCUT2D eigenvalue weighted by Crippen LogP contribution is 2.26. The van der Waals surface area contributed by atoms with E-state index in [1.807, 2.05) is 13.8 Å². The lowest BCUT2D eigenvalue weighted by molar-refractivity contribution is -0.122. The second kappa shape index (κ2) is 6.96. The average Bonchev–Trinajstić information content (AvgIpc) is 2.47. The van der Waals surface area contributed by atoms with Gasteiger partial charge in [0.05, 0.1) is 5.69 Å². The van der Waals surface area contributed by atoms with Crippen molar-refractivity contribution in [2.45, 2.75) is 26.9 Å². The Morgan fingerprint density at radius 3 is 2.35 bits per heavy atom. The van der Waals surface area contributed by atoms with Gasteiger partial charge >= 0.3 is 0 Å². The number of aryl methyl sites for hydroxylation is 2. The smallest absolute Gasteiger partial charge is 0.265 e. The summed E-state index contributed by atoms with van der Waals surface area (Å²) in [6.07, 6.45) is -0.862. The number of benzene rings is 2. The number of ether oxygens (including phenoxy) is 1. The van der Waals surface area contributed by atoms with Gasteiger partial charge in [-0.15, -0.1) is 0 Å². The van der Waals surface area contributed by atoms with Crippen LogP contribution in [0, 0.1) is 25.5 Å². The maximum absolute atomic E-state index is 13.5. The van der Waals surface area contributed by atoms with Crippen molar-refractivity contribution >= 4 is 23.2 Å². The van der Waals surface area contributed by atoms with E-state index in [1.54, 1.807) is 12.1 Å². The largest absolute Gasteiger partial charge is 0.481 e. The molecule has 0 aliphatic rings. The molecule has 23 heavy (non-hydrogen) atoms. The predicted molar refractivity (Wildman–Crippen MR) is 86.0 cm³/mol. The predicted octanol–water partition coefficient (Wildman–Crippen LogP) is 4.64. The highest BCUT2D eigenvalue weighted by molar-refractivity contribution is 6.32. The van der Waals surface area contributed by atoms with E-state index >= 15 is 0 Å². The van der Waals surface area contributed by atoms with Crippen LogP contribution in [0.1, 0.15) is 18.1 Å². The van der Waals surface area contributed by atoms with Gasteiger partial charge < -0.3 is 10.1 Å². The molecule has 0 aliphatic carbocycles. The fourth-order valence-electron chi connectivity index (χ4n) is 2.06. The van der Waals surface area contributed by atoms with Crippen LogP contribution in [0.15, 0.2) is 30.3 Å². The molecule has 2 aromatic carbocycles. The summed E-state index contributed by atoms with van der Waals surface area (Å²) < 4.78 is 32.0. The summed E-state index contributed by atoms with van der Waals surface area (Å²) in [4.78, 5) is 12.1. The molecule has 0 radical (unpaired) electrons. The molecule has 2 rings (SSSR count). The lowest BCUT2D eigenvalue weighted by atomic mass is 10.1. The number of nitrogens with one attached hydrogen (secondary N) is 1. The molecule has 3 nitrogen and oxygen atoms in total. The van der Waals surface area contributed by atoms with Gasteiger partial charge in [0.25, 0.3) is 5.91 Å². The first-order chi connectivity index (χ1) is 10.8. The van der Waals surface area contributed by atoms with Gasteiger partial charge in [0.1, 0.15) is 17.4 Å². The number of rotatable bonds is 4. The van der Waals surface area contributed by atoms with Gasteiger partial charge in [-0.2, -0.15) is 0 Å². The Balaban J connectivity index is 2.08. The van der Waals surface area contributed by atoms with Gasteiger partial charge in [0.15, 0.2) is 6.10 Å². The van der Waals surface area contributed by atoms with Gasteiger partial charge in [-0.1, -0.05) is 11.6 Å². The van der Waals surface area contributed by atoms with Crippen molar-refractivity contribution in [2.24, 2.45) is 0 Å². The molecule has 0 saturated carbocycles. The number of carbonyl (C=O) groups is 1. The first-order valence-electron chi connectivity index (χ1n) is 6.97. The molecule has 1 amide bonds. The minimum Gasteiger partial charge on any atom is -0.481 e. The zero-order valence-electron chi connectivity index (χ0n) is 12.9. The summed E-state index contributed by atoms with van der Waals surface area (Å²) in [5.74, 6) is -1.60. The third-order valence-electron chi connectivity index (χ3n) is 3.28. The Labute approximate surface area is 138 Å². The van der Waals surface area contributed by atoms with Crippen molar-refractivity contribution in [1.29, 1.82) is 0 Å². The average molecular weight is 340 g/mol. The summed E-state index contributed by atoms with van der Waals surface area (Å²) in [5.41, 5.74) is 1.56. The Kier molecular flexibility index (Phi) is 5.21. The molecule has 1 N–H and O–H groups in total. The Morgan fingerprint density at radius 2 is 1.78 bits per heavy atom. The molecule has 0 saturated heterocycles. The second-order valence-corrected chi connectivity index (χ2v) is 5.62. The minimum absolute atomic E-state index is 0.102. The Bertz CT molecular complexity index is 726. The van der Waals surface area contributed by atoms with E-state index in [1.165, 1.54) is 6.92 Å². The van der Waals surface area contributed by atoms with Crippen LogP contribution in [-0.4, -0.2) is 12.0 Å². The zero-order valence-corrected chi connectivity index (χ0v) is 13.7. The van der Waals surface area contributed by atoms with Gasteiger partial charge in [0.2, 0.25) is 0 Å². The molecular formula is C17H16ClF2NO2. The quantitative estimate of drug-likeness (QED) is 0.881. The molecule has 0 unspecified atom stereocenters. The van der Waals surface area contributed by atoms with Gasteiger partial charge in [-0.3, -0.25) is 4.79 Å². The minimum atomic E-state index is -0.862. The number of halogens is 3. The zero-order chi connectivity index (χ0) is 17.1. The molecule has 1 atom stereocenters. The molecule has 0 aromatic heterocycles. The Morgan fingerprint density at radius 1 is 1.17 bits per heavy atom. The summed E-state index contributed by atoms with van der Waals surface area (Å²) in [7, 11) is 0. The van der Waals surface area contributed by atoms with E-state index in [0.717, 1.165) is 23.3 Å². The van der Waals surface area contributed by atoms with Crippen LogP contribution < -0.4 is 10.1 Å². The van der Waals surface area contributed by atoms with Crippen LogP contribution in [0.4, 0.5) is 14.5 Å². The highest BCUT2D eigenvalue weighted by Gasteiger charge is 2.17. The van der Waals surface area contributed by atoms with Crippen LogP contribution in [-0.2, 0) is 4.79 Å². The van der Waals surface area contributed by atoms with E-state index < -0.39 is 23.6 Å². The number of anilines is 1. The fraction of sp³-hybridized carbons (Fsp3) is 0.235. The van der Waals surface area contributed by atoms with Crippen LogP contribution in [0.5, 0.6) is 5.75 Å². The van der Waals surface area contributed by atoms with Crippen molar-refractivity contribution in [3.8, 4) is 5.75 Å². The van der Waals surface area contributed by atoms with Crippen molar-refractivity contribution in [1.82, 2.24) is 0 Å². The van der Waals surface area contributed by atoms with Gasteiger partial charge in [-0.25, -0.2) is 8.78 Å². The SMILES string of the molecule is Cc1cc(O[C@H](C)C(=O)Nc2ccc(F)cc2F)cc(C)c1Cl. The lowest BCUT2D eigenvalue weighted by Gasteiger charge is -2.16. The van der Waals surface area contributed by atoms with Crippen molar-refractivity contribution in [2.75, 3.05) is 5.32 Å². The molecule has 0 bridgehead atoms. The van der Waals surface area contributed by atoms with Crippen LogP contribution in [0.3, 0.4) is 0 Å². The summed E-state index contributed by atoms with van der Waals surface area (Å²) >= 11 is 6.08. The van der Waals surface area contributed by atoms with E-state index in [-0.39, 0.29) is 5.69 Å². The van der Waals surface area contributed by atoms with Crippen molar-refractivity contribution in [3.63, 3.8) is 0 Å². The summed E-state index contributed by atoms with van der Waals surface area (Å²) in [6.45, 7) is 5.21. The number of hydrogen-bond acceptors (Lipinski definition) is 2. The van der Waals surface area contributed by atoms with E-state index in [9.17, 15) is 13.6 Å². The topological polar surface area (TPSA) is 38.3 Å². The molecule has 2 aromatic rings. The van der Waals surface area contributed by atoms with Crippen molar-refractivity contribution in [3.05, 3.63) is 58.1 Å². The van der Waals surface area contributed by atoms with E-state index in [2.05, 4.69) is 5.32 Å². The third kappa shape index (κ3) is 4.20. The maximum Gasteiger partial charge on any atom is 0.265 e. The monoisotopic (exact) mass is 339 g/mol. The standard InChI is InChI=1S/C17H16ClF2NO2/c1-9-6-13(7-10(2)16(9)18)23-11(3)17(22)21-15-5-4-12(19)8-14(15)20/h4-8,11H,1-3H3,(H,21,22)/t11-/m1/s1. The molecular weight excluding hydrogens is 324 g/mol. The summed E-state index contributed by atoms with van der Waals surface area (Å²) in [6, 6.07) is 6.37. The maximum atomic E-state index is 13.5. The first-order valence-corrected chi connectivity index (χ1v) is 7.35. The first kappa shape index (κ1) is 17.2. The molecule has 0 fully saturated rings. The number of hydrogen-bond donors (Lipinski definition) is 1. The summed E-state index contributed by atoms with van der Waals surface area (Å²) in [5, 5.41) is 3.01. The van der Waals surface area contributed by atoms with Gasteiger partial charge in [0, 0.05) is 11.1 Å². The molecule has 0 spiro atoms. The molecule has 0 heterocycles. The number of carbonyl (C=O) groups excluding carboxylic acids is 1. The lowest BCUT2D eigenvalue weighted by Crippen LogP contribution is -2.30. The van der Waals surface area contributed by atoms with Crippen LogP contribution in [0.2, 0.25) is 5.02 Å². The molecule has 6 heteroatoms. The third-order valence-corrected chi connectivity index (χ3v) is 3.88. The fourth-order valence-corrected chi connectivity index (χ4v) is 2.17. The molecule has 0 aliphatic heterocycles. The normalized spacial score (nSPS) is 11.9. The van der Waals surface area contributed by atoms with E-state index in [0.29, 0.717) is 16.8 Å². The van der Waals surface area contributed by atoms with Crippen LogP contribution >= 0.6 is 11.6 Å². The second-order valence-electron chi connectivity index (χ2n) is 5.24. The highest BCUT2D eigenvalue weighted by atomic mass is 35.5. The van der Waals surface area contributed by atoms with E-state index in [4.69, 9.17) is 16.3 Å².